The molecule has 39 heavy (non-hydrogen) atoms. The van der Waals surface area contributed by atoms with Gasteiger partial charge in [-0.05, 0) is 67.3 Å². The highest BCUT2D eigenvalue weighted by Gasteiger charge is 2.70. The van der Waals surface area contributed by atoms with Crippen molar-refractivity contribution in [2.75, 3.05) is 17.3 Å². The van der Waals surface area contributed by atoms with E-state index < -0.39 is 23.4 Å². The molecule has 2 saturated heterocycles. The van der Waals surface area contributed by atoms with Crippen LogP contribution in [-0.2, 0) is 26.3 Å². The number of carbonyl (C=O) groups is 3. The van der Waals surface area contributed by atoms with Gasteiger partial charge < -0.3 is 15.0 Å². The van der Waals surface area contributed by atoms with Crippen LogP contribution < -0.4 is 20.3 Å². The number of imide groups is 1. The summed E-state index contributed by atoms with van der Waals surface area (Å²) in [5, 5.41) is 7.68. The summed E-state index contributed by atoms with van der Waals surface area (Å²) in [6.45, 7) is 3.96. The number of nitrogens with one attached hydrogen (secondary N) is 3. The molecular formula is C31H28N4O4. The number of amides is 3. The SMILES string of the molecule is COc1ccc(N2C(=O)[C@H]3[C@@H](C2=O)[C@@]2(N[C@@H]3Cc3c[nH]c4ccccc34)C(=O)Nc3c2ccc(C)c3C)cc1. The zero-order chi connectivity index (χ0) is 27.1. The lowest BCUT2D eigenvalue weighted by atomic mass is 9.75. The van der Waals surface area contributed by atoms with Crippen molar-refractivity contribution in [1.82, 2.24) is 10.3 Å². The lowest BCUT2D eigenvalue weighted by molar-refractivity contribution is -0.130. The first kappa shape index (κ1) is 23.7. The monoisotopic (exact) mass is 520 g/mol. The third kappa shape index (κ3) is 3.12. The Hall–Kier alpha value is -4.43. The zero-order valence-corrected chi connectivity index (χ0v) is 21.9. The van der Waals surface area contributed by atoms with Crippen LogP contribution in [0.3, 0.4) is 0 Å². The highest BCUT2D eigenvalue weighted by molar-refractivity contribution is 6.26. The Balaban J connectivity index is 1.38. The number of rotatable bonds is 4. The lowest BCUT2D eigenvalue weighted by Gasteiger charge is -2.29. The summed E-state index contributed by atoms with van der Waals surface area (Å²) in [4.78, 5) is 46.8. The van der Waals surface area contributed by atoms with E-state index in [4.69, 9.17) is 4.74 Å². The molecule has 0 bridgehead atoms. The highest BCUT2D eigenvalue weighted by atomic mass is 16.5. The molecule has 3 aliphatic heterocycles. The Morgan fingerprint density at radius 1 is 0.949 bits per heavy atom. The molecule has 4 atom stereocenters. The lowest BCUT2D eigenvalue weighted by Crippen LogP contribution is -2.53. The van der Waals surface area contributed by atoms with Crippen LogP contribution in [0.2, 0.25) is 0 Å². The first-order valence-electron chi connectivity index (χ1n) is 13.1. The molecule has 2 fully saturated rings. The van der Waals surface area contributed by atoms with Gasteiger partial charge in [-0.15, -0.1) is 0 Å². The fraction of sp³-hybridized carbons (Fsp3) is 0.258. The van der Waals surface area contributed by atoms with Gasteiger partial charge in [0, 0.05) is 34.4 Å². The number of methoxy groups -OCH3 is 1. The number of carbonyl (C=O) groups excluding carboxylic acids is 3. The second kappa shape index (κ2) is 8.28. The van der Waals surface area contributed by atoms with Gasteiger partial charge in [0.05, 0.1) is 24.6 Å². The zero-order valence-electron chi connectivity index (χ0n) is 21.9. The molecule has 1 spiro atoms. The van der Waals surface area contributed by atoms with Crippen LogP contribution in [0.25, 0.3) is 10.9 Å². The maximum absolute atomic E-state index is 14.2. The summed E-state index contributed by atoms with van der Waals surface area (Å²) in [5.41, 5.74) is 4.61. The van der Waals surface area contributed by atoms with Crippen LogP contribution >= 0.6 is 0 Å². The van der Waals surface area contributed by atoms with E-state index in [-0.39, 0.29) is 17.7 Å². The van der Waals surface area contributed by atoms with Crippen molar-refractivity contribution in [3.05, 3.63) is 89.1 Å². The number of aryl methyl sites for hydroxylation is 1. The number of nitrogens with zero attached hydrogens (tertiary/aromatic N) is 1. The number of hydrogen-bond acceptors (Lipinski definition) is 5. The molecule has 0 saturated carbocycles. The van der Waals surface area contributed by atoms with Crippen LogP contribution in [0.15, 0.2) is 66.9 Å². The Bertz CT molecular complexity index is 1690. The van der Waals surface area contributed by atoms with Crippen LogP contribution in [-0.4, -0.2) is 35.9 Å². The van der Waals surface area contributed by atoms with Crippen molar-refractivity contribution in [2.45, 2.75) is 31.8 Å². The number of anilines is 2. The number of aromatic nitrogens is 1. The van der Waals surface area contributed by atoms with E-state index in [0.29, 0.717) is 17.9 Å². The maximum Gasteiger partial charge on any atom is 0.250 e. The molecule has 0 aliphatic carbocycles. The van der Waals surface area contributed by atoms with E-state index >= 15 is 0 Å². The molecule has 8 heteroatoms. The number of aromatic amines is 1. The molecule has 3 aromatic carbocycles. The number of para-hydroxylation sites is 1. The quantitative estimate of drug-likeness (QED) is 0.354. The molecule has 3 aliphatic rings. The van der Waals surface area contributed by atoms with Gasteiger partial charge in [-0.25, -0.2) is 4.90 Å². The summed E-state index contributed by atoms with van der Waals surface area (Å²) >= 11 is 0. The van der Waals surface area contributed by atoms with Gasteiger partial charge in [0.15, 0.2) is 0 Å². The van der Waals surface area contributed by atoms with Gasteiger partial charge in [0.2, 0.25) is 17.7 Å². The van der Waals surface area contributed by atoms with Gasteiger partial charge in [0.1, 0.15) is 11.3 Å². The largest absolute Gasteiger partial charge is 0.497 e. The van der Waals surface area contributed by atoms with Gasteiger partial charge in [-0.1, -0.05) is 30.3 Å². The van der Waals surface area contributed by atoms with E-state index in [1.807, 2.05) is 56.4 Å². The van der Waals surface area contributed by atoms with Crippen LogP contribution in [0.4, 0.5) is 11.4 Å². The van der Waals surface area contributed by atoms with Crippen LogP contribution in [0.1, 0.15) is 22.3 Å². The average molecular weight is 521 g/mol. The molecule has 8 nitrogen and oxygen atoms in total. The fourth-order valence-corrected chi connectivity index (χ4v) is 6.82. The summed E-state index contributed by atoms with van der Waals surface area (Å²) < 4.78 is 5.27. The molecule has 4 heterocycles. The van der Waals surface area contributed by atoms with E-state index in [9.17, 15) is 14.4 Å². The Labute approximate surface area is 225 Å². The van der Waals surface area contributed by atoms with Crippen molar-refractivity contribution in [1.29, 1.82) is 0 Å². The van der Waals surface area contributed by atoms with E-state index in [1.165, 1.54) is 4.90 Å². The second-order valence-electron chi connectivity index (χ2n) is 10.7. The summed E-state index contributed by atoms with van der Waals surface area (Å²) in [5.74, 6) is -1.93. The molecule has 3 amide bonds. The minimum atomic E-state index is -1.34. The third-order valence-corrected chi connectivity index (χ3v) is 8.87. The average Bonchev–Trinajstić information content (AvgIpc) is 3.65. The number of hydrogen-bond donors (Lipinski definition) is 3. The first-order valence-corrected chi connectivity index (χ1v) is 13.1. The summed E-state index contributed by atoms with van der Waals surface area (Å²) in [6, 6.07) is 18.3. The normalized spacial score (nSPS) is 25.5. The van der Waals surface area contributed by atoms with Crippen molar-refractivity contribution in [2.24, 2.45) is 11.8 Å². The standard InChI is InChI=1S/C31H28N4O4/c1-16-8-13-22-27(17(16)2)33-30(38)31(22)26-25(24(34-31)14-18-15-32-23-7-5-4-6-21(18)23)28(36)35(29(26)37)19-9-11-20(39-3)12-10-19/h4-13,15,24-26,32,34H,14H2,1-3H3,(H,33,38)/t24-,25-,26+,31-/m1/s1. The van der Waals surface area contributed by atoms with Crippen molar-refractivity contribution in [3.63, 3.8) is 0 Å². The number of benzene rings is 3. The Morgan fingerprint density at radius 3 is 2.49 bits per heavy atom. The maximum atomic E-state index is 14.2. The van der Waals surface area contributed by atoms with Crippen LogP contribution in [0, 0.1) is 25.7 Å². The van der Waals surface area contributed by atoms with Crippen molar-refractivity contribution in [3.8, 4) is 5.75 Å². The summed E-state index contributed by atoms with van der Waals surface area (Å²) in [6.07, 6.45) is 2.43. The van der Waals surface area contributed by atoms with Crippen molar-refractivity contribution < 1.29 is 19.1 Å². The molecular weight excluding hydrogens is 492 g/mol. The molecule has 1 aromatic heterocycles. The minimum Gasteiger partial charge on any atom is -0.497 e. The van der Waals surface area contributed by atoms with Crippen LogP contribution in [0.5, 0.6) is 5.75 Å². The highest BCUT2D eigenvalue weighted by Crippen LogP contribution is 2.54. The number of fused-ring (bicyclic) bond motifs is 5. The smallest absolute Gasteiger partial charge is 0.250 e. The number of H-pyrrole nitrogens is 1. The first-order chi connectivity index (χ1) is 18.8. The van der Waals surface area contributed by atoms with Gasteiger partial charge in [-0.2, -0.15) is 0 Å². The van der Waals surface area contributed by atoms with Gasteiger partial charge in [-0.3, -0.25) is 19.7 Å². The van der Waals surface area contributed by atoms with Gasteiger partial charge >= 0.3 is 0 Å². The second-order valence-corrected chi connectivity index (χ2v) is 10.7. The molecule has 3 N–H and O–H groups in total. The fourth-order valence-electron chi connectivity index (χ4n) is 6.82. The predicted octanol–water partition coefficient (Wildman–Crippen LogP) is 3.96. The molecule has 196 valence electrons. The minimum absolute atomic E-state index is 0.291. The predicted molar refractivity (Wildman–Crippen MR) is 148 cm³/mol. The number of ether oxygens (including phenoxy) is 1. The van der Waals surface area contributed by atoms with Crippen molar-refractivity contribution >= 4 is 40.0 Å². The Kier molecular flexibility index (Phi) is 5.03. The third-order valence-electron chi connectivity index (χ3n) is 8.87. The molecule has 0 unspecified atom stereocenters. The summed E-state index contributed by atoms with van der Waals surface area (Å²) in [7, 11) is 1.57. The topological polar surface area (TPSA) is 104 Å². The molecule has 0 radical (unpaired) electrons. The van der Waals surface area contributed by atoms with E-state index in [0.717, 1.165) is 38.8 Å². The van der Waals surface area contributed by atoms with E-state index in [1.54, 1.807) is 31.4 Å². The Morgan fingerprint density at radius 2 is 1.72 bits per heavy atom. The molecule has 4 aromatic rings. The molecule has 7 rings (SSSR count). The van der Waals surface area contributed by atoms with Gasteiger partial charge in [0.25, 0.3) is 0 Å². The van der Waals surface area contributed by atoms with E-state index in [2.05, 4.69) is 15.6 Å².